The van der Waals surface area contributed by atoms with Crippen molar-refractivity contribution in [3.8, 4) is 5.75 Å². The molecule has 2 aromatic rings. The summed E-state index contributed by atoms with van der Waals surface area (Å²) in [6.07, 6.45) is 5.23. The van der Waals surface area contributed by atoms with E-state index in [0.717, 1.165) is 37.5 Å². The molecule has 0 fully saturated rings. The fraction of sp³-hybridized carbons (Fsp3) is 0.550. The molecule has 0 atom stereocenters. The second kappa shape index (κ2) is 11.1. The first-order valence-electron chi connectivity index (χ1n) is 10.2. The highest BCUT2D eigenvalue weighted by molar-refractivity contribution is 6.30. The lowest BCUT2D eigenvalue weighted by molar-refractivity contribution is -0.0504. The Morgan fingerprint density at radius 1 is 1.27 bits per heavy atom. The molecular formula is C20H27ClF2N6O. The molecule has 1 aromatic carbocycles. The van der Waals surface area contributed by atoms with Gasteiger partial charge >= 0.3 is 6.61 Å². The van der Waals surface area contributed by atoms with Gasteiger partial charge in [-0.2, -0.15) is 8.78 Å². The second-order valence-corrected chi connectivity index (χ2v) is 7.43. The molecule has 0 aliphatic carbocycles. The van der Waals surface area contributed by atoms with Crippen molar-refractivity contribution < 1.29 is 13.5 Å². The number of nitrogens with one attached hydrogen (secondary N) is 2. The normalized spacial score (nSPS) is 14.4. The first-order valence-corrected chi connectivity index (χ1v) is 10.6. The average Bonchev–Trinajstić information content (AvgIpc) is 2.93. The van der Waals surface area contributed by atoms with Gasteiger partial charge in [-0.15, -0.1) is 10.2 Å². The highest BCUT2D eigenvalue weighted by Crippen LogP contribution is 2.25. The summed E-state index contributed by atoms with van der Waals surface area (Å²) in [6.45, 7) is 1.47. The number of aromatic nitrogens is 3. The van der Waals surface area contributed by atoms with Crippen LogP contribution in [-0.2, 0) is 25.9 Å². The molecule has 0 saturated carbocycles. The van der Waals surface area contributed by atoms with Gasteiger partial charge in [0.2, 0.25) is 0 Å². The molecule has 10 heteroatoms. The monoisotopic (exact) mass is 440 g/mol. The van der Waals surface area contributed by atoms with E-state index >= 15 is 0 Å². The van der Waals surface area contributed by atoms with Crippen molar-refractivity contribution in [1.29, 1.82) is 0 Å². The van der Waals surface area contributed by atoms with Crippen LogP contribution in [0.25, 0.3) is 0 Å². The van der Waals surface area contributed by atoms with Gasteiger partial charge in [-0.05, 0) is 38.0 Å². The van der Waals surface area contributed by atoms with Gasteiger partial charge in [-0.1, -0.05) is 18.0 Å². The van der Waals surface area contributed by atoms with Crippen LogP contribution in [0.4, 0.5) is 8.78 Å². The fourth-order valence-electron chi connectivity index (χ4n) is 3.41. The van der Waals surface area contributed by atoms with E-state index in [0.29, 0.717) is 36.1 Å². The number of aliphatic imine (C=N–C) groups is 1. The number of halogens is 3. The minimum absolute atomic E-state index is 0.0696. The summed E-state index contributed by atoms with van der Waals surface area (Å²) >= 11 is 6.00. The molecule has 3 rings (SSSR count). The molecule has 30 heavy (non-hydrogen) atoms. The molecule has 164 valence electrons. The molecule has 0 radical (unpaired) electrons. The van der Waals surface area contributed by atoms with E-state index in [1.165, 1.54) is 18.6 Å². The summed E-state index contributed by atoms with van der Waals surface area (Å²) in [4.78, 5) is 4.48. The zero-order chi connectivity index (χ0) is 21.3. The Hall–Kier alpha value is -2.42. The summed E-state index contributed by atoms with van der Waals surface area (Å²) in [6, 6.07) is 4.52. The molecule has 0 amide bonds. The van der Waals surface area contributed by atoms with Gasteiger partial charge in [0.1, 0.15) is 17.4 Å². The summed E-state index contributed by atoms with van der Waals surface area (Å²) in [7, 11) is 0. The molecule has 1 aromatic heterocycles. The van der Waals surface area contributed by atoms with Gasteiger partial charge in [0.25, 0.3) is 0 Å². The maximum Gasteiger partial charge on any atom is 0.387 e. The van der Waals surface area contributed by atoms with Gasteiger partial charge in [0, 0.05) is 43.1 Å². The predicted molar refractivity (Wildman–Crippen MR) is 112 cm³/mol. The van der Waals surface area contributed by atoms with Crippen molar-refractivity contribution in [1.82, 2.24) is 25.4 Å². The van der Waals surface area contributed by atoms with Gasteiger partial charge in [-0.25, -0.2) is 4.99 Å². The number of benzene rings is 1. The van der Waals surface area contributed by atoms with Crippen molar-refractivity contribution in [2.45, 2.75) is 58.7 Å². The number of guanidine groups is 1. The third-order valence-corrected chi connectivity index (χ3v) is 5.05. The molecule has 7 nitrogen and oxygen atoms in total. The second-order valence-electron chi connectivity index (χ2n) is 7.00. The van der Waals surface area contributed by atoms with Gasteiger partial charge in [0.05, 0.1) is 6.54 Å². The molecule has 2 N–H and O–H groups in total. The van der Waals surface area contributed by atoms with Crippen molar-refractivity contribution in [3.05, 3.63) is 40.4 Å². The Labute approximate surface area is 179 Å². The average molecular weight is 441 g/mol. The van der Waals surface area contributed by atoms with E-state index in [1.54, 1.807) is 6.07 Å². The predicted octanol–water partition coefficient (Wildman–Crippen LogP) is 3.56. The molecular weight excluding hydrogens is 414 g/mol. The van der Waals surface area contributed by atoms with Crippen LogP contribution in [0.5, 0.6) is 5.75 Å². The van der Waals surface area contributed by atoms with E-state index in [9.17, 15) is 8.78 Å². The van der Waals surface area contributed by atoms with Crippen molar-refractivity contribution in [3.63, 3.8) is 0 Å². The van der Waals surface area contributed by atoms with E-state index in [-0.39, 0.29) is 12.3 Å². The Morgan fingerprint density at radius 2 is 2.13 bits per heavy atom. The van der Waals surface area contributed by atoms with Crippen LogP contribution in [0.15, 0.2) is 23.2 Å². The molecule has 1 aliphatic rings. The van der Waals surface area contributed by atoms with Gasteiger partial charge in [-0.3, -0.25) is 0 Å². The SMILES string of the molecule is CCNC(=NCc1cc(Cl)ccc1OC(F)F)NCCc1nnc2n1CCCCC2. The largest absolute Gasteiger partial charge is 0.434 e. The van der Waals surface area contributed by atoms with Crippen LogP contribution in [0, 0.1) is 0 Å². The number of hydrogen-bond donors (Lipinski definition) is 2. The van der Waals surface area contributed by atoms with Crippen molar-refractivity contribution >= 4 is 17.6 Å². The molecule has 0 spiro atoms. The number of fused-ring (bicyclic) bond motifs is 1. The van der Waals surface area contributed by atoms with Gasteiger partial charge < -0.3 is 19.9 Å². The maximum atomic E-state index is 12.6. The van der Waals surface area contributed by atoms with E-state index in [1.807, 2.05) is 6.92 Å². The van der Waals surface area contributed by atoms with Crippen LogP contribution >= 0.6 is 11.6 Å². The zero-order valence-corrected chi connectivity index (χ0v) is 17.8. The van der Waals surface area contributed by atoms with Crippen molar-refractivity contribution in [2.24, 2.45) is 4.99 Å². The standard InChI is InChI=1S/C20H27ClF2N6O/c1-2-24-20(26-13-14-12-15(21)7-8-16(14)30-19(22)23)25-10-9-18-28-27-17-6-4-3-5-11-29(17)18/h7-8,12,19H,2-6,9-11,13H2,1H3,(H2,24,25,26). The van der Waals surface area contributed by atoms with E-state index in [2.05, 4.69) is 35.1 Å². The lowest BCUT2D eigenvalue weighted by Crippen LogP contribution is -2.38. The number of aryl methyl sites for hydroxylation is 1. The molecule has 0 unspecified atom stereocenters. The lowest BCUT2D eigenvalue weighted by atomic mass is 10.2. The van der Waals surface area contributed by atoms with Crippen LogP contribution < -0.4 is 15.4 Å². The van der Waals surface area contributed by atoms with Crippen molar-refractivity contribution in [2.75, 3.05) is 13.1 Å². The quantitative estimate of drug-likeness (QED) is 0.485. The summed E-state index contributed by atoms with van der Waals surface area (Å²) in [5, 5.41) is 15.5. The number of hydrogen-bond acceptors (Lipinski definition) is 4. The topological polar surface area (TPSA) is 76.4 Å². The van der Waals surface area contributed by atoms with Crippen LogP contribution in [0.3, 0.4) is 0 Å². The smallest absolute Gasteiger partial charge is 0.387 e. The summed E-state index contributed by atoms with van der Waals surface area (Å²) in [5.74, 6) is 2.68. The fourth-order valence-corrected chi connectivity index (χ4v) is 3.61. The van der Waals surface area contributed by atoms with E-state index < -0.39 is 6.61 Å². The molecule has 0 bridgehead atoms. The first-order chi connectivity index (χ1) is 14.6. The third kappa shape index (κ3) is 6.29. The number of rotatable bonds is 8. The van der Waals surface area contributed by atoms with Crippen LogP contribution in [0.1, 0.15) is 43.4 Å². The highest BCUT2D eigenvalue weighted by Gasteiger charge is 2.14. The zero-order valence-electron chi connectivity index (χ0n) is 17.0. The minimum Gasteiger partial charge on any atom is -0.434 e. The Balaban J connectivity index is 1.62. The van der Waals surface area contributed by atoms with Crippen LogP contribution in [-0.4, -0.2) is 40.4 Å². The van der Waals surface area contributed by atoms with Crippen LogP contribution in [0.2, 0.25) is 5.02 Å². The lowest BCUT2D eigenvalue weighted by Gasteiger charge is -2.13. The summed E-state index contributed by atoms with van der Waals surface area (Å²) in [5.41, 5.74) is 0.489. The van der Waals surface area contributed by atoms with E-state index in [4.69, 9.17) is 11.6 Å². The molecule has 0 saturated heterocycles. The summed E-state index contributed by atoms with van der Waals surface area (Å²) < 4.78 is 32.1. The highest BCUT2D eigenvalue weighted by atomic mass is 35.5. The third-order valence-electron chi connectivity index (χ3n) is 4.82. The Morgan fingerprint density at radius 3 is 2.93 bits per heavy atom. The molecule has 2 heterocycles. The number of ether oxygens (including phenoxy) is 1. The molecule has 1 aliphatic heterocycles. The maximum absolute atomic E-state index is 12.6. The Kier molecular flexibility index (Phi) is 8.24. The Bertz CT molecular complexity index is 858. The number of nitrogens with zero attached hydrogens (tertiary/aromatic N) is 4. The van der Waals surface area contributed by atoms with Gasteiger partial charge in [0.15, 0.2) is 5.96 Å². The number of alkyl halides is 2. The minimum atomic E-state index is -2.90. The first kappa shape index (κ1) is 22.3.